The predicted molar refractivity (Wildman–Crippen MR) is 66.5 cm³/mol. The van der Waals surface area contributed by atoms with E-state index in [9.17, 15) is 0 Å². The van der Waals surface area contributed by atoms with Crippen LogP contribution >= 0.6 is 11.8 Å². The van der Waals surface area contributed by atoms with Gasteiger partial charge < -0.3 is 4.98 Å². The summed E-state index contributed by atoms with van der Waals surface area (Å²) in [5, 5.41) is 0.830. The molecule has 0 aliphatic rings. The van der Waals surface area contributed by atoms with Crippen LogP contribution in [0, 0.1) is 0 Å². The van der Waals surface area contributed by atoms with Crippen LogP contribution in [0.4, 0.5) is 0 Å². The lowest BCUT2D eigenvalue weighted by Gasteiger charge is -1.99. The molecule has 16 heavy (non-hydrogen) atoms. The number of aromatic nitrogens is 4. The molecule has 0 fully saturated rings. The molecule has 0 aliphatic carbocycles. The van der Waals surface area contributed by atoms with Gasteiger partial charge in [0.25, 0.3) is 0 Å². The molecule has 2 aromatic heterocycles. The molecule has 0 aliphatic heterocycles. The Morgan fingerprint density at radius 3 is 3.06 bits per heavy atom. The second-order valence-electron chi connectivity index (χ2n) is 3.70. The van der Waals surface area contributed by atoms with Gasteiger partial charge >= 0.3 is 0 Å². The number of rotatable bonds is 6. The van der Waals surface area contributed by atoms with Crippen molar-refractivity contribution in [3.63, 3.8) is 0 Å². The minimum Gasteiger partial charge on any atom is -0.342 e. The van der Waals surface area contributed by atoms with E-state index < -0.39 is 0 Å². The van der Waals surface area contributed by atoms with Crippen molar-refractivity contribution in [2.24, 2.45) is 0 Å². The van der Waals surface area contributed by atoms with E-state index in [-0.39, 0.29) is 0 Å². The third kappa shape index (κ3) is 2.95. The zero-order valence-corrected chi connectivity index (χ0v) is 10.3. The van der Waals surface area contributed by atoms with Crippen LogP contribution in [-0.4, -0.2) is 25.7 Å². The van der Waals surface area contributed by atoms with Gasteiger partial charge in [-0.3, -0.25) is 0 Å². The lowest BCUT2D eigenvalue weighted by atomic mass is 10.2. The third-order valence-electron chi connectivity index (χ3n) is 2.38. The van der Waals surface area contributed by atoms with Gasteiger partial charge in [-0.25, -0.2) is 15.0 Å². The van der Waals surface area contributed by atoms with Crippen LogP contribution in [-0.2, 0) is 0 Å². The monoisotopic (exact) mass is 236 g/mol. The van der Waals surface area contributed by atoms with Gasteiger partial charge in [0.1, 0.15) is 5.52 Å². The second kappa shape index (κ2) is 5.84. The van der Waals surface area contributed by atoms with Crippen LogP contribution in [0.25, 0.3) is 11.2 Å². The molecule has 0 aromatic carbocycles. The maximum Gasteiger partial charge on any atom is 0.189 e. The molecule has 0 bridgehead atoms. The standard InChI is InChI=1S/C11H16N4S/c1-2-3-4-5-6-16-11-12-7-9-10(15-11)14-8-13-9/h7-8H,2-6H2,1H3,(H,12,13,14,15). The molecule has 5 heteroatoms. The van der Waals surface area contributed by atoms with Crippen molar-refractivity contribution < 1.29 is 0 Å². The average Bonchev–Trinajstić information content (AvgIpc) is 2.76. The molecule has 0 radical (unpaired) electrons. The Morgan fingerprint density at radius 2 is 2.19 bits per heavy atom. The Bertz CT molecular complexity index is 440. The number of unbranched alkanes of at least 4 members (excludes halogenated alkanes) is 3. The van der Waals surface area contributed by atoms with Gasteiger partial charge in [-0.1, -0.05) is 37.9 Å². The van der Waals surface area contributed by atoms with Crippen LogP contribution < -0.4 is 0 Å². The number of H-pyrrole nitrogens is 1. The van der Waals surface area contributed by atoms with Crippen molar-refractivity contribution in [2.45, 2.75) is 37.8 Å². The van der Waals surface area contributed by atoms with E-state index in [1.165, 1.54) is 25.7 Å². The van der Waals surface area contributed by atoms with E-state index in [1.54, 1.807) is 24.3 Å². The van der Waals surface area contributed by atoms with E-state index in [4.69, 9.17) is 0 Å². The van der Waals surface area contributed by atoms with Crippen LogP contribution in [0.15, 0.2) is 17.7 Å². The Balaban J connectivity index is 1.84. The fraction of sp³-hybridized carbons (Fsp3) is 0.545. The van der Waals surface area contributed by atoms with Crippen LogP contribution in [0.3, 0.4) is 0 Å². The summed E-state index contributed by atoms with van der Waals surface area (Å²) >= 11 is 1.71. The smallest absolute Gasteiger partial charge is 0.189 e. The molecular weight excluding hydrogens is 220 g/mol. The highest BCUT2D eigenvalue weighted by molar-refractivity contribution is 7.99. The first-order valence-corrected chi connectivity index (χ1v) is 6.67. The quantitative estimate of drug-likeness (QED) is 0.476. The number of nitrogens with one attached hydrogen (secondary N) is 1. The van der Waals surface area contributed by atoms with Gasteiger partial charge in [0.05, 0.1) is 12.5 Å². The fourth-order valence-electron chi connectivity index (χ4n) is 1.48. The van der Waals surface area contributed by atoms with E-state index in [1.807, 2.05) is 0 Å². The van der Waals surface area contributed by atoms with Gasteiger partial charge in [0, 0.05) is 5.75 Å². The van der Waals surface area contributed by atoms with Crippen molar-refractivity contribution in [3.05, 3.63) is 12.5 Å². The van der Waals surface area contributed by atoms with E-state index in [0.29, 0.717) is 0 Å². The second-order valence-corrected chi connectivity index (χ2v) is 4.76. The molecule has 0 atom stereocenters. The number of thioether (sulfide) groups is 1. The molecule has 2 rings (SSSR count). The molecule has 0 spiro atoms. The number of nitrogens with zero attached hydrogens (tertiary/aromatic N) is 3. The van der Waals surface area contributed by atoms with E-state index in [0.717, 1.165) is 22.1 Å². The van der Waals surface area contributed by atoms with Gasteiger partial charge in [0.2, 0.25) is 0 Å². The van der Waals surface area contributed by atoms with Crippen LogP contribution in [0.1, 0.15) is 32.6 Å². The van der Waals surface area contributed by atoms with Gasteiger partial charge in [-0.05, 0) is 6.42 Å². The third-order valence-corrected chi connectivity index (χ3v) is 3.33. The zero-order valence-electron chi connectivity index (χ0n) is 9.44. The maximum atomic E-state index is 4.36. The molecule has 86 valence electrons. The summed E-state index contributed by atoms with van der Waals surface area (Å²) in [5.41, 5.74) is 1.65. The van der Waals surface area contributed by atoms with E-state index in [2.05, 4.69) is 26.9 Å². The molecule has 0 amide bonds. The number of hydrogen-bond donors (Lipinski definition) is 1. The highest BCUT2D eigenvalue weighted by atomic mass is 32.2. The van der Waals surface area contributed by atoms with Crippen molar-refractivity contribution in [3.8, 4) is 0 Å². The summed E-state index contributed by atoms with van der Waals surface area (Å²) in [6, 6.07) is 0. The summed E-state index contributed by atoms with van der Waals surface area (Å²) in [6.07, 6.45) is 8.58. The summed E-state index contributed by atoms with van der Waals surface area (Å²) in [5.74, 6) is 1.09. The number of hydrogen-bond acceptors (Lipinski definition) is 4. The maximum absolute atomic E-state index is 4.36. The predicted octanol–water partition coefficient (Wildman–Crippen LogP) is 3.03. The zero-order chi connectivity index (χ0) is 11.2. The molecule has 0 saturated heterocycles. The Morgan fingerprint density at radius 1 is 1.25 bits per heavy atom. The van der Waals surface area contributed by atoms with Crippen LogP contribution in [0.2, 0.25) is 0 Å². The largest absolute Gasteiger partial charge is 0.342 e. The Kier molecular flexibility index (Phi) is 4.16. The summed E-state index contributed by atoms with van der Waals surface area (Å²) in [6.45, 7) is 2.22. The van der Waals surface area contributed by atoms with Gasteiger partial charge in [0.15, 0.2) is 10.8 Å². The number of imidazole rings is 1. The molecule has 4 nitrogen and oxygen atoms in total. The number of fused-ring (bicyclic) bond motifs is 1. The molecular formula is C11H16N4S. The minimum absolute atomic E-state index is 0.756. The molecule has 2 heterocycles. The first-order valence-electron chi connectivity index (χ1n) is 5.69. The first-order chi connectivity index (χ1) is 7.90. The van der Waals surface area contributed by atoms with Crippen LogP contribution in [0.5, 0.6) is 0 Å². The lowest BCUT2D eigenvalue weighted by Crippen LogP contribution is -1.89. The van der Waals surface area contributed by atoms with Crippen molar-refractivity contribution >= 4 is 22.9 Å². The van der Waals surface area contributed by atoms with Gasteiger partial charge in [-0.2, -0.15) is 0 Å². The summed E-state index contributed by atoms with van der Waals surface area (Å²) in [7, 11) is 0. The molecule has 0 saturated carbocycles. The summed E-state index contributed by atoms with van der Waals surface area (Å²) in [4.78, 5) is 15.7. The molecule has 2 aromatic rings. The van der Waals surface area contributed by atoms with Crippen molar-refractivity contribution in [1.82, 2.24) is 19.9 Å². The number of aromatic amines is 1. The highest BCUT2D eigenvalue weighted by Gasteiger charge is 2.01. The van der Waals surface area contributed by atoms with Crippen molar-refractivity contribution in [1.29, 1.82) is 0 Å². The van der Waals surface area contributed by atoms with Gasteiger partial charge in [-0.15, -0.1) is 0 Å². The Labute approximate surface area is 99.3 Å². The highest BCUT2D eigenvalue weighted by Crippen LogP contribution is 2.17. The topological polar surface area (TPSA) is 54.5 Å². The van der Waals surface area contributed by atoms with Crippen molar-refractivity contribution in [2.75, 3.05) is 5.75 Å². The van der Waals surface area contributed by atoms with E-state index >= 15 is 0 Å². The lowest BCUT2D eigenvalue weighted by molar-refractivity contribution is 0.706. The minimum atomic E-state index is 0.756. The fourth-order valence-corrected chi connectivity index (χ4v) is 2.29. The molecule has 0 unspecified atom stereocenters. The normalized spacial score (nSPS) is 11.1. The first kappa shape index (κ1) is 11.4. The summed E-state index contributed by atoms with van der Waals surface area (Å²) < 4.78 is 0. The molecule has 1 N–H and O–H groups in total. The SMILES string of the molecule is CCCCCCSc1ncc2[nH]cnc2n1. The Hall–Kier alpha value is -1.10. The average molecular weight is 236 g/mol.